The molecule has 0 aliphatic heterocycles. The van der Waals surface area contributed by atoms with Crippen LogP contribution >= 0.6 is 0 Å². The number of rotatable bonds is 2. The Hall–Kier alpha value is 0.130. The maximum Gasteiger partial charge on any atom is 0.122 e. The van der Waals surface area contributed by atoms with Crippen LogP contribution in [0.3, 0.4) is 0 Å². The zero-order chi connectivity index (χ0) is 9.99. The summed E-state index contributed by atoms with van der Waals surface area (Å²) < 4.78 is 0. The van der Waals surface area contributed by atoms with Crippen LogP contribution in [0.5, 0.6) is 0 Å². The van der Waals surface area contributed by atoms with Gasteiger partial charge in [-0.15, -0.1) is 0 Å². The van der Waals surface area contributed by atoms with Gasteiger partial charge in [-0.2, -0.15) is 0 Å². The van der Waals surface area contributed by atoms with E-state index in [1.165, 1.54) is 14.6 Å². The molecule has 0 nitrogen and oxygen atoms in total. The molecule has 0 aromatic rings. The Morgan fingerprint density at radius 1 is 0.750 bits per heavy atom. The zero-order valence-corrected chi connectivity index (χ0v) is 9.99. The van der Waals surface area contributed by atoms with Crippen LogP contribution in [0, 0.1) is 0 Å². The summed E-state index contributed by atoms with van der Waals surface area (Å²) in [5, 5.41) is 0.981. The number of hydrogen-bond acceptors (Lipinski definition) is 0. The van der Waals surface area contributed by atoms with Crippen molar-refractivity contribution in [3.05, 3.63) is 0 Å². The second kappa shape index (κ2) is 3.89. The van der Waals surface area contributed by atoms with Crippen LogP contribution in [0.2, 0.25) is 16.3 Å². The van der Waals surface area contributed by atoms with Gasteiger partial charge in [0.15, 0.2) is 0 Å². The van der Waals surface area contributed by atoms with E-state index in [1.54, 1.807) is 0 Å². The fourth-order valence-corrected chi connectivity index (χ4v) is 2.16. The zero-order valence-electron chi connectivity index (χ0n) is 9.99. The van der Waals surface area contributed by atoms with E-state index in [-0.39, 0.29) is 0 Å². The van der Waals surface area contributed by atoms with Crippen LogP contribution in [0.15, 0.2) is 0 Å². The van der Waals surface area contributed by atoms with E-state index >= 15 is 0 Å². The van der Waals surface area contributed by atoms with Crippen LogP contribution in [0.1, 0.15) is 48.5 Å². The number of hydrogen-bond donors (Lipinski definition) is 0. The minimum Gasteiger partial charge on any atom is -0.0913 e. The lowest BCUT2D eigenvalue weighted by atomic mass is 9.32. The fraction of sp³-hybridized carbons (Fsp3) is 1.00. The molecule has 0 aromatic heterocycles. The predicted molar refractivity (Wildman–Crippen MR) is 63.2 cm³/mol. The SMILES string of the molecule is CC(BC(C)(C)C)BC(C)(C)C. The molecule has 0 fully saturated rings. The third-order valence-corrected chi connectivity index (χ3v) is 1.92. The molecule has 0 amide bonds. The average molecular weight is 166 g/mol. The average Bonchev–Trinajstić information content (AvgIpc) is 1.49. The van der Waals surface area contributed by atoms with Gasteiger partial charge in [0.05, 0.1) is 0 Å². The van der Waals surface area contributed by atoms with Gasteiger partial charge >= 0.3 is 0 Å². The molecule has 0 aliphatic carbocycles. The first-order valence-corrected chi connectivity index (χ1v) is 5.10. The van der Waals surface area contributed by atoms with Crippen molar-refractivity contribution >= 4 is 14.6 Å². The first-order valence-electron chi connectivity index (χ1n) is 5.10. The van der Waals surface area contributed by atoms with Crippen molar-refractivity contribution in [3.63, 3.8) is 0 Å². The second-order valence-corrected chi connectivity index (χ2v) is 6.63. The van der Waals surface area contributed by atoms with Crippen molar-refractivity contribution in [2.24, 2.45) is 0 Å². The first-order chi connectivity index (χ1) is 5.10. The fourth-order valence-electron chi connectivity index (χ4n) is 2.16. The summed E-state index contributed by atoms with van der Waals surface area (Å²) in [5.41, 5.74) is 0.852. The molecule has 0 radical (unpaired) electrons. The summed E-state index contributed by atoms with van der Waals surface area (Å²) >= 11 is 0. The standard InChI is InChI=1S/C10H24B2/c1-8(11-9(2,3)4)12-10(5,6)7/h8,11-12H,1-7H3. The van der Waals surface area contributed by atoms with E-state index in [2.05, 4.69) is 48.5 Å². The Kier molecular flexibility index (Phi) is 3.93. The molecule has 0 saturated heterocycles. The van der Waals surface area contributed by atoms with E-state index in [0.717, 1.165) is 5.72 Å². The van der Waals surface area contributed by atoms with Crippen LogP contribution in [-0.2, 0) is 0 Å². The molecular formula is C10H24B2. The van der Waals surface area contributed by atoms with Gasteiger partial charge in [0, 0.05) is 0 Å². The lowest BCUT2D eigenvalue weighted by molar-refractivity contribution is 0.728. The van der Waals surface area contributed by atoms with E-state index in [0.29, 0.717) is 10.6 Å². The highest BCUT2D eigenvalue weighted by atomic mass is 14.0. The smallest absolute Gasteiger partial charge is 0.0913 e. The molecular weight excluding hydrogens is 142 g/mol. The molecule has 0 N–H and O–H groups in total. The largest absolute Gasteiger partial charge is 0.122 e. The molecule has 2 heteroatoms. The molecule has 0 unspecified atom stereocenters. The van der Waals surface area contributed by atoms with Crippen LogP contribution < -0.4 is 0 Å². The van der Waals surface area contributed by atoms with Gasteiger partial charge in [0.25, 0.3) is 0 Å². The monoisotopic (exact) mass is 166 g/mol. The second-order valence-electron chi connectivity index (χ2n) is 6.63. The molecule has 0 spiro atoms. The Morgan fingerprint density at radius 2 is 1.00 bits per heavy atom. The highest BCUT2D eigenvalue weighted by Gasteiger charge is 2.23. The highest BCUT2D eigenvalue weighted by Crippen LogP contribution is 2.31. The molecule has 0 rings (SSSR count). The van der Waals surface area contributed by atoms with Crippen LogP contribution in [-0.4, -0.2) is 14.6 Å². The Labute approximate surface area is 80.0 Å². The van der Waals surface area contributed by atoms with Gasteiger partial charge in [-0.25, -0.2) is 0 Å². The van der Waals surface area contributed by atoms with Gasteiger partial charge in [0.1, 0.15) is 14.6 Å². The summed E-state index contributed by atoms with van der Waals surface area (Å²) in [6, 6.07) is 0. The third kappa shape index (κ3) is 8.23. The normalized spacial score (nSPS) is 13.3. The van der Waals surface area contributed by atoms with Crippen LogP contribution in [0.4, 0.5) is 0 Å². The minimum absolute atomic E-state index is 0.491. The first kappa shape index (κ1) is 12.1. The van der Waals surface area contributed by atoms with Crippen molar-refractivity contribution < 1.29 is 0 Å². The Balaban J connectivity index is 3.83. The predicted octanol–water partition coefficient (Wildman–Crippen LogP) is 3.06. The molecule has 0 heterocycles. The summed E-state index contributed by atoms with van der Waals surface area (Å²) in [6.07, 6.45) is 0. The summed E-state index contributed by atoms with van der Waals surface area (Å²) in [6.45, 7) is 16.3. The van der Waals surface area contributed by atoms with E-state index in [1.807, 2.05) is 0 Å². The molecule has 0 saturated carbocycles. The maximum atomic E-state index is 2.37. The molecule has 0 aliphatic rings. The van der Waals surface area contributed by atoms with E-state index in [9.17, 15) is 0 Å². The third-order valence-electron chi connectivity index (χ3n) is 1.92. The van der Waals surface area contributed by atoms with E-state index < -0.39 is 0 Å². The lowest BCUT2D eigenvalue weighted by Crippen LogP contribution is -2.22. The summed E-state index contributed by atoms with van der Waals surface area (Å²) in [7, 11) is 2.68. The lowest BCUT2D eigenvalue weighted by Gasteiger charge is -2.26. The van der Waals surface area contributed by atoms with Crippen molar-refractivity contribution in [2.45, 2.75) is 64.8 Å². The van der Waals surface area contributed by atoms with Crippen molar-refractivity contribution in [3.8, 4) is 0 Å². The molecule has 0 aromatic carbocycles. The molecule has 0 atom stereocenters. The van der Waals surface area contributed by atoms with E-state index in [4.69, 9.17) is 0 Å². The molecule has 70 valence electrons. The van der Waals surface area contributed by atoms with Gasteiger partial charge in [-0.3, -0.25) is 0 Å². The van der Waals surface area contributed by atoms with Gasteiger partial charge in [-0.05, 0) is 0 Å². The Bertz CT molecular complexity index is 112. The Morgan fingerprint density at radius 3 is 1.17 bits per heavy atom. The maximum absolute atomic E-state index is 2.37. The van der Waals surface area contributed by atoms with Crippen LogP contribution in [0.25, 0.3) is 0 Å². The van der Waals surface area contributed by atoms with Gasteiger partial charge in [0.2, 0.25) is 0 Å². The summed E-state index contributed by atoms with van der Waals surface area (Å²) in [4.78, 5) is 0. The van der Waals surface area contributed by atoms with Crippen molar-refractivity contribution in [1.29, 1.82) is 0 Å². The van der Waals surface area contributed by atoms with Gasteiger partial charge in [-0.1, -0.05) is 64.8 Å². The van der Waals surface area contributed by atoms with Crippen molar-refractivity contribution in [2.75, 3.05) is 0 Å². The molecule has 0 bridgehead atoms. The minimum atomic E-state index is 0.491. The topological polar surface area (TPSA) is 0 Å². The van der Waals surface area contributed by atoms with Crippen molar-refractivity contribution in [1.82, 2.24) is 0 Å². The summed E-state index contributed by atoms with van der Waals surface area (Å²) in [5.74, 6) is 0. The highest BCUT2D eigenvalue weighted by molar-refractivity contribution is 6.61. The molecule has 12 heavy (non-hydrogen) atoms. The quantitative estimate of drug-likeness (QED) is 0.553. The van der Waals surface area contributed by atoms with Gasteiger partial charge < -0.3 is 0 Å².